The number of hydrogen-bond donors (Lipinski definition) is 1. The second-order valence-electron chi connectivity index (χ2n) is 5.43. The zero-order valence-electron chi connectivity index (χ0n) is 12.5. The van der Waals surface area contributed by atoms with E-state index in [9.17, 15) is 0 Å². The lowest BCUT2D eigenvalue weighted by molar-refractivity contribution is 0.449. The molecule has 1 saturated heterocycles. The standard InChI is InChI=1S/C15H27N3S/c1-4-9-16-11-14-12(3)17-15(19-14)18-10-7-6-8-13(18)5-2/h13,16H,4-11H2,1-3H3. The molecule has 0 spiro atoms. The summed E-state index contributed by atoms with van der Waals surface area (Å²) in [7, 11) is 0. The molecule has 1 aromatic rings. The number of hydrogen-bond acceptors (Lipinski definition) is 4. The van der Waals surface area contributed by atoms with Crippen molar-refractivity contribution in [1.82, 2.24) is 10.3 Å². The largest absolute Gasteiger partial charge is 0.345 e. The Balaban J connectivity index is 2.05. The smallest absolute Gasteiger partial charge is 0.186 e. The Morgan fingerprint density at radius 2 is 2.21 bits per heavy atom. The van der Waals surface area contributed by atoms with Gasteiger partial charge in [-0.3, -0.25) is 0 Å². The molecule has 1 unspecified atom stereocenters. The predicted molar refractivity (Wildman–Crippen MR) is 84.1 cm³/mol. The summed E-state index contributed by atoms with van der Waals surface area (Å²) in [6.07, 6.45) is 6.46. The zero-order chi connectivity index (χ0) is 13.7. The van der Waals surface area contributed by atoms with Gasteiger partial charge in [-0.1, -0.05) is 13.8 Å². The first-order chi connectivity index (χ1) is 9.26. The van der Waals surface area contributed by atoms with Gasteiger partial charge in [0, 0.05) is 24.0 Å². The molecule has 1 N–H and O–H groups in total. The summed E-state index contributed by atoms with van der Waals surface area (Å²) in [4.78, 5) is 8.77. The van der Waals surface area contributed by atoms with Gasteiger partial charge in [0.15, 0.2) is 5.13 Å². The highest BCUT2D eigenvalue weighted by molar-refractivity contribution is 7.15. The summed E-state index contributed by atoms with van der Waals surface area (Å²) in [5.74, 6) is 0. The first-order valence-electron chi connectivity index (χ1n) is 7.69. The van der Waals surface area contributed by atoms with Crippen molar-refractivity contribution in [3.8, 4) is 0 Å². The van der Waals surface area contributed by atoms with Crippen LogP contribution in [0.4, 0.5) is 5.13 Å². The number of rotatable bonds is 6. The highest BCUT2D eigenvalue weighted by atomic mass is 32.1. The van der Waals surface area contributed by atoms with Crippen molar-refractivity contribution in [2.24, 2.45) is 0 Å². The van der Waals surface area contributed by atoms with E-state index in [-0.39, 0.29) is 0 Å². The van der Waals surface area contributed by atoms with E-state index in [2.05, 4.69) is 31.0 Å². The molecular formula is C15H27N3S. The van der Waals surface area contributed by atoms with Crippen LogP contribution in [0.15, 0.2) is 0 Å². The van der Waals surface area contributed by atoms with E-state index in [4.69, 9.17) is 4.98 Å². The molecule has 2 heterocycles. The Morgan fingerprint density at radius 1 is 1.37 bits per heavy atom. The van der Waals surface area contributed by atoms with E-state index < -0.39 is 0 Å². The molecule has 0 saturated carbocycles. The molecule has 1 aromatic heterocycles. The third-order valence-corrected chi connectivity index (χ3v) is 5.13. The van der Waals surface area contributed by atoms with E-state index >= 15 is 0 Å². The van der Waals surface area contributed by atoms with E-state index in [0.717, 1.165) is 13.1 Å². The molecule has 1 fully saturated rings. The lowest BCUT2D eigenvalue weighted by Crippen LogP contribution is -2.39. The zero-order valence-corrected chi connectivity index (χ0v) is 13.4. The van der Waals surface area contributed by atoms with E-state index in [0.29, 0.717) is 6.04 Å². The fourth-order valence-electron chi connectivity index (χ4n) is 2.76. The van der Waals surface area contributed by atoms with Gasteiger partial charge in [0.2, 0.25) is 0 Å². The van der Waals surface area contributed by atoms with E-state index in [1.807, 2.05) is 11.3 Å². The van der Waals surface area contributed by atoms with Crippen molar-refractivity contribution in [3.05, 3.63) is 10.6 Å². The molecule has 3 nitrogen and oxygen atoms in total. The molecule has 1 aliphatic heterocycles. The average Bonchev–Trinajstić information content (AvgIpc) is 2.80. The van der Waals surface area contributed by atoms with Crippen LogP contribution in [-0.2, 0) is 6.54 Å². The number of aromatic nitrogens is 1. The lowest BCUT2D eigenvalue weighted by Gasteiger charge is -2.35. The molecule has 108 valence electrons. The van der Waals surface area contributed by atoms with Gasteiger partial charge in [-0.15, -0.1) is 11.3 Å². The van der Waals surface area contributed by atoms with E-state index in [1.165, 1.54) is 54.4 Å². The fraction of sp³-hybridized carbons (Fsp3) is 0.800. The second-order valence-corrected chi connectivity index (χ2v) is 6.50. The maximum atomic E-state index is 4.82. The number of aryl methyl sites for hydroxylation is 1. The maximum Gasteiger partial charge on any atom is 0.186 e. The summed E-state index contributed by atoms with van der Waals surface area (Å²) in [5.41, 5.74) is 1.21. The van der Waals surface area contributed by atoms with Crippen LogP contribution in [0, 0.1) is 6.92 Å². The van der Waals surface area contributed by atoms with Gasteiger partial charge in [0.1, 0.15) is 0 Å². The molecule has 0 bridgehead atoms. The summed E-state index contributed by atoms with van der Waals surface area (Å²) < 4.78 is 0. The van der Waals surface area contributed by atoms with Crippen molar-refractivity contribution in [2.75, 3.05) is 18.0 Å². The van der Waals surface area contributed by atoms with Gasteiger partial charge in [0.05, 0.1) is 5.69 Å². The molecule has 4 heteroatoms. The summed E-state index contributed by atoms with van der Waals surface area (Å²) >= 11 is 1.89. The number of anilines is 1. The fourth-order valence-corrected chi connectivity index (χ4v) is 3.88. The second kappa shape index (κ2) is 7.25. The van der Waals surface area contributed by atoms with Crippen LogP contribution in [-0.4, -0.2) is 24.1 Å². The van der Waals surface area contributed by atoms with Gasteiger partial charge < -0.3 is 10.2 Å². The molecule has 0 aromatic carbocycles. The minimum Gasteiger partial charge on any atom is -0.345 e. The third-order valence-electron chi connectivity index (χ3n) is 3.94. The lowest BCUT2D eigenvalue weighted by atomic mass is 10.0. The molecule has 19 heavy (non-hydrogen) atoms. The SMILES string of the molecule is CCCNCc1sc(N2CCCCC2CC)nc1C. The molecular weight excluding hydrogens is 254 g/mol. The number of thiazole rings is 1. The van der Waals surface area contributed by atoms with Gasteiger partial charge in [0.25, 0.3) is 0 Å². The Bertz CT molecular complexity index is 389. The molecule has 2 rings (SSSR count). The minimum absolute atomic E-state index is 0.704. The van der Waals surface area contributed by atoms with Crippen molar-refractivity contribution in [3.63, 3.8) is 0 Å². The van der Waals surface area contributed by atoms with Gasteiger partial charge in [-0.2, -0.15) is 0 Å². The first kappa shape index (κ1) is 14.8. The van der Waals surface area contributed by atoms with Crippen LogP contribution >= 0.6 is 11.3 Å². The van der Waals surface area contributed by atoms with Crippen molar-refractivity contribution >= 4 is 16.5 Å². The topological polar surface area (TPSA) is 28.2 Å². The predicted octanol–water partition coefficient (Wildman–Crippen LogP) is 3.72. The Hall–Kier alpha value is -0.610. The number of nitrogens with one attached hydrogen (secondary N) is 1. The summed E-state index contributed by atoms with van der Waals surface area (Å²) in [6.45, 7) is 9.90. The van der Waals surface area contributed by atoms with Crippen LogP contribution in [0.1, 0.15) is 56.5 Å². The Labute approximate surface area is 121 Å². The number of nitrogens with zero attached hydrogens (tertiary/aromatic N) is 2. The van der Waals surface area contributed by atoms with Crippen molar-refractivity contribution < 1.29 is 0 Å². The van der Waals surface area contributed by atoms with Crippen molar-refractivity contribution in [1.29, 1.82) is 0 Å². The van der Waals surface area contributed by atoms with Crippen molar-refractivity contribution in [2.45, 2.75) is 65.5 Å². The van der Waals surface area contributed by atoms with Gasteiger partial charge >= 0.3 is 0 Å². The monoisotopic (exact) mass is 281 g/mol. The Morgan fingerprint density at radius 3 is 2.95 bits per heavy atom. The van der Waals surface area contributed by atoms with Crippen LogP contribution in [0.5, 0.6) is 0 Å². The highest BCUT2D eigenvalue weighted by Gasteiger charge is 2.24. The number of piperidine rings is 1. The molecule has 0 aliphatic carbocycles. The molecule has 0 amide bonds. The molecule has 1 aliphatic rings. The van der Waals surface area contributed by atoms with Crippen LogP contribution in [0.3, 0.4) is 0 Å². The first-order valence-corrected chi connectivity index (χ1v) is 8.51. The van der Waals surface area contributed by atoms with Crippen LogP contribution in [0.2, 0.25) is 0 Å². The summed E-state index contributed by atoms with van der Waals surface area (Å²) in [5, 5.41) is 4.73. The minimum atomic E-state index is 0.704. The summed E-state index contributed by atoms with van der Waals surface area (Å²) in [6, 6.07) is 0.704. The quantitative estimate of drug-likeness (QED) is 0.806. The molecule has 0 radical (unpaired) electrons. The van der Waals surface area contributed by atoms with Crippen LogP contribution < -0.4 is 10.2 Å². The third kappa shape index (κ3) is 3.69. The van der Waals surface area contributed by atoms with Gasteiger partial charge in [-0.25, -0.2) is 4.98 Å². The Kier molecular flexibility index (Phi) is 5.64. The van der Waals surface area contributed by atoms with Gasteiger partial charge in [-0.05, 0) is 45.6 Å². The normalized spacial score (nSPS) is 19.9. The average molecular weight is 281 g/mol. The van der Waals surface area contributed by atoms with Crippen LogP contribution in [0.25, 0.3) is 0 Å². The maximum absolute atomic E-state index is 4.82. The molecule has 1 atom stereocenters. The highest BCUT2D eigenvalue weighted by Crippen LogP contribution is 2.31. The van der Waals surface area contributed by atoms with E-state index in [1.54, 1.807) is 0 Å².